The van der Waals surface area contributed by atoms with Gasteiger partial charge >= 0.3 is 0 Å². The number of halogens is 3. The second-order valence-electron chi connectivity index (χ2n) is 2.03. The molecule has 0 amide bonds. The Morgan fingerprint density at radius 3 is 2.33 bits per heavy atom. The monoisotopic (exact) mass is 207 g/mol. The minimum Gasteiger partial charge on any atom is -0.545 e. The first-order chi connectivity index (χ1) is 5.52. The van der Waals surface area contributed by atoms with Crippen LogP contribution in [0.1, 0.15) is 10.4 Å². The quantitative estimate of drug-likeness (QED) is 0.656. The van der Waals surface area contributed by atoms with Gasteiger partial charge in [-0.05, 0) is 12.1 Å². The number of hydrogen-bond acceptors (Lipinski definition) is 2. The number of carboxylic acids is 1. The van der Waals surface area contributed by atoms with E-state index in [1.54, 1.807) is 0 Å². The molecule has 0 aliphatic carbocycles. The van der Waals surface area contributed by atoms with Gasteiger partial charge in [-0.1, -0.05) is 23.2 Å². The minimum absolute atomic E-state index is 0.0164. The molecule has 0 aliphatic rings. The van der Waals surface area contributed by atoms with E-state index in [1.807, 2.05) is 0 Å². The van der Waals surface area contributed by atoms with Crippen LogP contribution in [0.5, 0.6) is 0 Å². The summed E-state index contributed by atoms with van der Waals surface area (Å²) in [7, 11) is 0. The maximum atomic E-state index is 12.7. The first-order valence-electron chi connectivity index (χ1n) is 2.88. The summed E-state index contributed by atoms with van der Waals surface area (Å²) in [6.45, 7) is 0. The maximum absolute atomic E-state index is 12.7. The molecule has 0 radical (unpaired) electrons. The maximum Gasteiger partial charge on any atom is 0.133 e. The van der Waals surface area contributed by atoms with Gasteiger partial charge in [-0.2, -0.15) is 0 Å². The Balaban J connectivity index is 3.33. The van der Waals surface area contributed by atoms with E-state index in [1.165, 1.54) is 0 Å². The molecule has 0 saturated carbocycles. The van der Waals surface area contributed by atoms with Crippen molar-refractivity contribution in [2.75, 3.05) is 0 Å². The van der Waals surface area contributed by atoms with Gasteiger partial charge in [-0.25, -0.2) is 4.39 Å². The predicted octanol–water partition coefficient (Wildman–Crippen LogP) is 1.50. The first-order valence-corrected chi connectivity index (χ1v) is 3.64. The summed E-state index contributed by atoms with van der Waals surface area (Å²) in [6, 6.07) is 1.74. The minimum atomic E-state index is -1.62. The molecule has 2 nitrogen and oxygen atoms in total. The standard InChI is InChI=1S/C7H3Cl2FO2/c8-4-1-3(7(11)12)6(10)2-5(4)9/h1-2H,(H,11,12)/p-1. The molecule has 0 spiro atoms. The molecular formula is C7H2Cl2FO2-. The lowest BCUT2D eigenvalue weighted by Gasteiger charge is -2.04. The van der Waals surface area contributed by atoms with Crippen LogP contribution in [0.4, 0.5) is 4.39 Å². The molecule has 0 N–H and O–H groups in total. The number of carbonyl (C=O) groups is 1. The zero-order valence-corrected chi connectivity index (χ0v) is 7.12. The second kappa shape index (κ2) is 3.29. The van der Waals surface area contributed by atoms with Crippen molar-refractivity contribution in [3.63, 3.8) is 0 Å². The van der Waals surface area contributed by atoms with Crippen LogP contribution in [0.15, 0.2) is 12.1 Å². The van der Waals surface area contributed by atoms with Crippen molar-refractivity contribution in [3.05, 3.63) is 33.6 Å². The van der Waals surface area contributed by atoms with E-state index < -0.39 is 17.3 Å². The highest BCUT2D eigenvalue weighted by Gasteiger charge is 2.07. The largest absolute Gasteiger partial charge is 0.545 e. The van der Waals surface area contributed by atoms with Gasteiger partial charge in [0, 0.05) is 5.56 Å². The Morgan fingerprint density at radius 2 is 1.83 bits per heavy atom. The number of carboxylic acid groups (broad SMARTS) is 1. The van der Waals surface area contributed by atoms with Crippen LogP contribution >= 0.6 is 23.2 Å². The molecule has 0 saturated heterocycles. The molecule has 5 heteroatoms. The zero-order valence-electron chi connectivity index (χ0n) is 5.61. The van der Waals surface area contributed by atoms with E-state index in [4.69, 9.17) is 23.2 Å². The summed E-state index contributed by atoms with van der Waals surface area (Å²) < 4.78 is 12.7. The third-order valence-electron chi connectivity index (χ3n) is 1.23. The van der Waals surface area contributed by atoms with Crippen molar-refractivity contribution < 1.29 is 14.3 Å². The van der Waals surface area contributed by atoms with Gasteiger partial charge in [0.05, 0.1) is 16.0 Å². The van der Waals surface area contributed by atoms with E-state index in [2.05, 4.69) is 0 Å². The Morgan fingerprint density at radius 1 is 1.33 bits per heavy atom. The van der Waals surface area contributed by atoms with Crippen LogP contribution in [0.25, 0.3) is 0 Å². The number of hydrogen-bond donors (Lipinski definition) is 0. The van der Waals surface area contributed by atoms with Gasteiger partial charge < -0.3 is 9.90 Å². The van der Waals surface area contributed by atoms with Crippen molar-refractivity contribution in [2.45, 2.75) is 0 Å². The van der Waals surface area contributed by atoms with Crippen molar-refractivity contribution >= 4 is 29.2 Å². The lowest BCUT2D eigenvalue weighted by molar-refractivity contribution is -0.255. The van der Waals surface area contributed by atoms with E-state index in [9.17, 15) is 14.3 Å². The first kappa shape index (κ1) is 9.29. The van der Waals surface area contributed by atoms with Gasteiger partial charge in [0.1, 0.15) is 5.82 Å². The van der Waals surface area contributed by atoms with E-state index in [0.29, 0.717) is 0 Å². The predicted molar refractivity (Wildman–Crippen MR) is 40.8 cm³/mol. The Hall–Kier alpha value is -0.800. The molecule has 1 rings (SSSR count). The van der Waals surface area contributed by atoms with Gasteiger partial charge in [0.15, 0.2) is 0 Å². The van der Waals surface area contributed by atoms with Crippen LogP contribution in [0, 0.1) is 5.82 Å². The van der Waals surface area contributed by atoms with Crippen molar-refractivity contribution in [2.24, 2.45) is 0 Å². The van der Waals surface area contributed by atoms with Crippen molar-refractivity contribution in [3.8, 4) is 0 Å². The highest BCUT2D eigenvalue weighted by molar-refractivity contribution is 6.42. The topological polar surface area (TPSA) is 40.1 Å². The van der Waals surface area contributed by atoms with Crippen LogP contribution < -0.4 is 5.11 Å². The number of carbonyl (C=O) groups excluding carboxylic acids is 1. The summed E-state index contributed by atoms with van der Waals surface area (Å²) in [5.41, 5.74) is -0.593. The summed E-state index contributed by atoms with van der Waals surface area (Å²) in [4.78, 5) is 10.2. The fourth-order valence-electron chi connectivity index (χ4n) is 0.679. The van der Waals surface area contributed by atoms with Crippen LogP contribution in [-0.4, -0.2) is 5.97 Å². The molecule has 0 heterocycles. The lowest BCUT2D eigenvalue weighted by Crippen LogP contribution is -2.23. The Labute approximate surface area is 77.5 Å². The van der Waals surface area contributed by atoms with Gasteiger partial charge in [0.2, 0.25) is 0 Å². The summed E-state index contributed by atoms with van der Waals surface area (Å²) >= 11 is 10.8. The summed E-state index contributed by atoms with van der Waals surface area (Å²) in [5, 5.41) is 10.2. The summed E-state index contributed by atoms with van der Waals surface area (Å²) in [5.74, 6) is -2.57. The Bertz CT molecular complexity index is 338. The van der Waals surface area contributed by atoms with Crippen LogP contribution in [0.2, 0.25) is 10.0 Å². The van der Waals surface area contributed by atoms with Gasteiger partial charge in [-0.3, -0.25) is 0 Å². The molecule has 1 aromatic rings. The normalized spacial score (nSPS) is 9.92. The third kappa shape index (κ3) is 1.68. The molecule has 0 aliphatic heterocycles. The highest BCUT2D eigenvalue weighted by Crippen LogP contribution is 2.24. The molecular weight excluding hydrogens is 206 g/mol. The van der Waals surface area contributed by atoms with Crippen molar-refractivity contribution in [1.29, 1.82) is 0 Å². The molecule has 0 fully saturated rings. The van der Waals surface area contributed by atoms with E-state index in [-0.39, 0.29) is 10.0 Å². The molecule has 0 bridgehead atoms. The summed E-state index contributed by atoms with van der Waals surface area (Å²) in [6.07, 6.45) is 0. The van der Waals surface area contributed by atoms with Crippen LogP contribution in [-0.2, 0) is 0 Å². The van der Waals surface area contributed by atoms with Crippen LogP contribution in [0.3, 0.4) is 0 Å². The second-order valence-corrected chi connectivity index (χ2v) is 2.85. The molecule has 0 atom stereocenters. The Kier molecular flexibility index (Phi) is 2.55. The molecule has 1 aromatic carbocycles. The fourth-order valence-corrected chi connectivity index (χ4v) is 0.993. The number of benzene rings is 1. The lowest BCUT2D eigenvalue weighted by atomic mass is 10.2. The smallest absolute Gasteiger partial charge is 0.133 e. The average molecular weight is 208 g/mol. The van der Waals surface area contributed by atoms with Gasteiger partial charge in [-0.15, -0.1) is 0 Å². The molecule has 0 aromatic heterocycles. The highest BCUT2D eigenvalue weighted by atomic mass is 35.5. The van der Waals surface area contributed by atoms with Gasteiger partial charge in [0.25, 0.3) is 0 Å². The molecule has 64 valence electrons. The van der Waals surface area contributed by atoms with E-state index in [0.717, 1.165) is 12.1 Å². The number of aromatic carboxylic acids is 1. The average Bonchev–Trinajstić information content (AvgIpc) is 1.96. The molecule has 0 unspecified atom stereocenters. The zero-order chi connectivity index (χ0) is 9.30. The molecule has 12 heavy (non-hydrogen) atoms. The fraction of sp³-hybridized carbons (Fsp3) is 0. The number of rotatable bonds is 1. The van der Waals surface area contributed by atoms with E-state index >= 15 is 0 Å². The van der Waals surface area contributed by atoms with Crippen molar-refractivity contribution in [1.82, 2.24) is 0 Å². The SMILES string of the molecule is O=C([O-])c1cc(Cl)c(Cl)cc1F. The third-order valence-corrected chi connectivity index (χ3v) is 1.95.